The van der Waals surface area contributed by atoms with Crippen molar-refractivity contribution in [2.24, 2.45) is 0 Å². The molecule has 0 spiro atoms. The number of carbonyl (C=O) groups is 1. The third-order valence-corrected chi connectivity index (χ3v) is 7.63. The molecule has 0 N–H and O–H groups in total. The highest BCUT2D eigenvalue weighted by Crippen LogP contribution is 2.35. The molecule has 0 saturated heterocycles. The molecule has 0 aromatic heterocycles. The van der Waals surface area contributed by atoms with Crippen molar-refractivity contribution >= 4 is 21.9 Å². The number of hydrogen-bond acceptors (Lipinski definition) is 3. The van der Waals surface area contributed by atoms with Gasteiger partial charge in [0.2, 0.25) is 10.0 Å². The molecule has 0 amide bonds. The molecule has 0 fully saturated rings. The van der Waals surface area contributed by atoms with Crippen molar-refractivity contribution in [1.82, 2.24) is 4.31 Å². The van der Waals surface area contributed by atoms with Crippen LogP contribution in [0.5, 0.6) is 0 Å². The largest absolute Gasteiger partial charge is 0.290 e. The van der Waals surface area contributed by atoms with Gasteiger partial charge >= 0.3 is 0 Å². The van der Waals surface area contributed by atoms with Crippen LogP contribution < -0.4 is 0 Å². The van der Waals surface area contributed by atoms with Crippen molar-refractivity contribution in [3.8, 4) is 0 Å². The fourth-order valence-corrected chi connectivity index (χ4v) is 5.43. The second-order valence-corrected chi connectivity index (χ2v) is 10.0. The summed E-state index contributed by atoms with van der Waals surface area (Å²) in [6.45, 7) is 1.75. The van der Waals surface area contributed by atoms with Crippen LogP contribution in [0.3, 0.4) is 0 Å². The van der Waals surface area contributed by atoms with E-state index in [-0.39, 0.29) is 29.5 Å². The molecule has 1 atom stereocenters. The van der Waals surface area contributed by atoms with E-state index in [0.717, 1.165) is 5.56 Å². The zero-order valence-electron chi connectivity index (χ0n) is 18.5. The van der Waals surface area contributed by atoms with Crippen LogP contribution in [-0.2, 0) is 14.8 Å². The standard InChI is InChI=1S/C27H23F2NO3S/c1-19-2-14-25(15-3-19)34(32,33)30-18-22(9-16-26(30)21-7-12-24(29)13-8-21)27(31)17-6-20-4-10-23(28)11-5-20/h2-15,17,26H,16,18H2,1H3/b17-6+. The van der Waals surface area contributed by atoms with Crippen molar-refractivity contribution in [1.29, 1.82) is 0 Å². The predicted octanol–water partition coefficient (Wildman–Crippen LogP) is 5.62. The summed E-state index contributed by atoms with van der Waals surface area (Å²) >= 11 is 0. The minimum absolute atomic E-state index is 0.120. The van der Waals surface area contributed by atoms with Crippen molar-refractivity contribution in [3.05, 3.63) is 119 Å². The Bertz CT molecular complexity index is 1340. The molecule has 1 heterocycles. The van der Waals surface area contributed by atoms with E-state index in [0.29, 0.717) is 16.7 Å². The summed E-state index contributed by atoms with van der Waals surface area (Å²) in [5.74, 6) is -1.11. The Morgan fingerprint density at radius 2 is 1.50 bits per heavy atom. The van der Waals surface area contributed by atoms with Crippen molar-refractivity contribution in [2.75, 3.05) is 6.54 Å². The summed E-state index contributed by atoms with van der Waals surface area (Å²) in [6, 6.07) is 17.4. The highest BCUT2D eigenvalue weighted by atomic mass is 32.2. The molecule has 34 heavy (non-hydrogen) atoms. The lowest BCUT2D eigenvalue weighted by atomic mass is 9.96. The fraction of sp³-hybridized carbons (Fsp3) is 0.148. The fourth-order valence-electron chi connectivity index (χ4n) is 3.83. The number of hydrogen-bond donors (Lipinski definition) is 0. The molecule has 4 nitrogen and oxygen atoms in total. The first-order valence-electron chi connectivity index (χ1n) is 10.7. The lowest BCUT2D eigenvalue weighted by Gasteiger charge is -2.34. The number of carbonyl (C=O) groups excluding carboxylic acids is 1. The second kappa shape index (κ2) is 9.83. The maximum atomic E-state index is 13.6. The Kier molecular flexibility index (Phi) is 6.86. The first-order valence-corrected chi connectivity index (χ1v) is 12.2. The van der Waals surface area contributed by atoms with Crippen LogP contribution >= 0.6 is 0 Å². The highest BCUT2D eigenvalue weighted by molar-refractivity contribution is 7.89. The Labute approximate surface area is 197 Å². The summed E-state index contributed by atoms with van der Waals surface area (Å²) in [5.41, 5.74) is 2.56. The normalized spacial score (nSPS) is 17.0. The van der Waals surface area contributed by atoms with Crippen LogP contribution in [0.1, 0.15) is 29.2 Å². The van der Waals surface area contributed by atoms with Gasteiger partial charge in [-0.1, -0.05) is 54.1 Å². The van der Waals surface area contributed by atoms with E-state index in [2.05, 4.69) is 0 Å². The number of sulfonamides is 1. The van der Waals surface area contributed by atoms with Crippen LogP contribution in [0.2, 0.25) is 0 Å². The smallest absolute Gasteiger partial charge is 0.243 e. The number of aryl methyl sites for hydroxylation is 1. The second-order valence-electron chi connectivity index (χ2n) is 8.14. The molecule has 1 unspecified atom stereocenters. The number of nitrogens with zero attached hydrogens (tertiary/aromatic N) is 1. The molecule has 3 aromatic rings. The van der Waals surface area contributed by atoms with E-state index in [1.165, 1.54) is 34.6 Å². The average Bonchev–Trinajstić information content (AvgIpc) is 2.84. The molecule has 0 radical (unpaired) electrons. The number of rotatable bonds is 6. The van der Waals surface area contributed by atoms with Gasteiger partial charge in [-0.3, -0.25) is 4.79 Å². The molecule has 0 bridgehead atoms. The zero-order valence-corrected chi connectivity index (χ0v) is 19.3. The molecule has 4 rings (SSSR count). The summed E-state index contributed by atoms with van der Waals surface area (Å²) in [6.07, 6.45) is 4.91. The number of ketones is 1. The lowest BCUT2D eigenvalue weighted by Crippen LogP contribution is -2.39. The minimum atomic E-state index is -3.94. The maximum absolute atomic E-state index is 13.6. The van der Waals surface area contributed by atoms with Gasteiger partial charge in [-0.2, -0.15) is 4.31 Å². The molecule has 1 aliphatic heterocycles. The van der Waals surface area contributed by atoms with Gasteiger partial charge in [-0.25, -0.2) is 17.2 Å². The molecule has 0 aliphatic carbocycles. The monoisotopic (exact) mass is 479 g/mol. The van der Waals surface area contributed by atoms with E-state index in [1.807, 2.05) is 6.92 Å². The van der Waals surface area contributed by atoms with Gasteiger partial charge in [0.25, 0.3) is 0 Å². The zero-order chi connectivity index (χ0) is 24.3. The van der Waals surface area contributed by atoms with E-state index in [4.69, 9.17) is 0 Å². The van der Waals surface area contributed by atoms with E-state index >= 15 is 0 Å². The quantitative estimate of drug-likeness (QED) is 0.432. The van der Waals surface area contributed by atoms with Gasteiger partial charge in [-0.15, -0.1) is 0 Å². The Morgan fingerprint density at radius 3 is 2.12 bits per heavy atom. The number of allylic oxidation sites excluding steroid dienone is 1. The third-order valence-electron chi connectivity index (χ3n) is 5.76. The third kappa shape index (κ3) is 5.21. The first-order chi connectivity index (χ1) is 16.2. The van der Waals surface area contributed by atoms with Crippen LogP contribution in [0.25, 0.3) is 6.08 Å². The van der Waals surface area contributed by atoms with Gasteiger partial charge in [0.1, 0.15) is 11.6 Å². The average molecular weight is 480 g/mol. The summed E-state index contributed by atoms with van der Waals surface area (Å²) in [4.78, 5) is 13.0. The summed E-state index contributed by atoms with van der Waals surface area (Å²) < 4.78 is 55.1. The lowest BCUT2D eigenvalue weighted by molar-refractivity contribution is -0.111. The summed E-state index contributed by atoms with van der Waals surface area (Å²) in [7, 11) is -3.94. The Balaban J connectivity index is 1.66. The highest BCUT2D eigenvalue weighted by Gasteiger charge is 2.36. The topological polar surface area (TPSA) is 54.5 Å². The molecule has 0 saturated carbocycles. The molecular weight excluding hydrogens is 456 g/mol. The van der Waals surface area contributed by atoms with Crippen molar-refractivity contribution < 1.29 is 22.0 Å². The van der Waals surface area contributed by atoms with E-state index < -0.39 is 21.9 Å². The minimum Gasteiger partial charge on any atom is -0.290 e. The Morgan fingerprint density at radius 1 is 0.912 bits per heavy atom. The van der Waals surface area contributed by atoms with Gasteiger partial charge in [0.05, 0.1) is 10.9 Å². The maximum Gasteiger partial charge on any atom is 0.243 e. The SMILES string of the molecule is Cc1ccc(S(=O)(=O)N2CC(C(=O)/C=C/c3ccc(F)cc3)=CCC2c2ccc(F)cc2)cc1. The molecule has 7 heteroatoms. The van der Waals surface area contributed by atoms with Gasteiger partial charge < -0.3 is 0 Å². The van der Waals surface area contributed by atoms with Crippen LogP contribution in [0.4, 0.5) is 8.78 Å². The molecule has 174 valence electrons. The van der Waals surface area contributed by atoms with E-state index in [9.17, 15) is 22.0 Å². The number of benzene rings is 3. The molecule has 1 aliphatic rings. The van der Waals surface area contributed by atoms with Crippen LogP contribution in [-0.4, -0.2) is 25.1 Å². The predicted molar refractivity (Wildman–Crippen MR) is 127 cm³/mol. The first kappa shape index (κ1) is 23.7. The Hall–Kier alpha value is -3.42. The van der Waals surface area contributed by atoms with Crippen molar-refractivity contribution in [3.63, 3.8) is 0 Å². The van der Waals surface area contributed by atoms with E-state index in [1.54, 1.807) is 60.7 Å². The molecule has 3 aromatic carbocycles. The summed E-state index contributed by atoms with van der Waals surface area (Å²) in [5, 5.41) is 0. The van der Waals surface area contributed by atoms with Crippen LogP contribution in [0, 0.1) is 18.6 Å². The number of halogens is 2. The molecular formula is C27H23F2NO3S. The van der Waals surface area contributed by atoms with Crippen molar-refractivity contribution in [2.45, 2.75) is 24.3 Å². The van der Waals surface area contributed by atoms with Gasteiger partial charge in [0.15, 0.2) is 5.78 Å². The van der Waals surface area contributed by atoms with Gasteiger partial charge in [0, 0.05) is 12.1 Å². The van der Waals surface area contributed by atoms with Crippen LogP contribution in [0.15, 0.2) is 95.4 Å². The van der Waals surface area contributed by atoms with Gasteiger partial charge in [-0.05, 0) is 66.9 Å².